The Bertz CT molecular complexity index is 441. The van der Waals surface area contributed by atoms with E-state index >= 15 is 0 Å². The van der Waals surface area contributed by atoms with Crippen LogP contribution in [0.2, 0.25) is 0 Å². The summed E-state index contributed by atoms with van der Waals surface area (Å²) >= 11 is 0. The molecule has 1 saturated carbocycles. The van der Waals surface area contributed by atoms with Gasteiger partial charge in [0.2, 0.25) is 5.88 Å². The van der Waals surface area contributed by atoms with Crippen molar-refractivity contribution < 1.29 is 4.74 Å². The van der Waals surface area contributed by atoms with E-state index in [1.807, 2.05) is 26.1 Å². The van der Waals surface area contributed by atoms with Gasteiger partial charge in [0, 0.05) is 31.9 Å². The zero-order valence-electron chi connectivity index (χ0n) is 12.4. The second kappa shape index (κ2) is 7.72. The molecule has 0 atom stereocenters. The number of aromatic nitrogens is 1. The topological polar surface area (TPSA) is 58.5 Å². The molecule has 0 aliphatic heterocycles. The van der Waals surface area contributed by atoms with Crippen LogP contribution >= 0.6 is 0 Å². The number of ether oxygens (including phenoxy) is 1. The summed E-state index contributed by atoms with van der Waals surface area (Å²) in [4.78, 5) is 8.44. The van der Waals surface area contributed by atoms with Gasteiger partial charge in [0.15, 0.2) is 5.96 Å². The lowest BCUT2D eigenvalue weighted by Gasteiger charge is -2.17. The zero-order valence-corrected chi connectivity index (χ0v) is 12.4. The maximum Gasteiger partial charge on any atom is 0.213 e. The molecule has 0 radical (unpaired) electrons. The van der Waals surface area contributed by atoms with Gasteiger partial charge in [-0.05, 0) is 31.4 Å². The molecule has 20 heavy (non-hydrogen) atoms. The Kier molecular flexibility index (Phi) is 5.65. The minimum Gasteiger partial charge on any atom is -0.478 e. The van der Waals surface area contributed by atoms with E-state index in [0.717, 1.165) is 18.1 Å². The molecule has 0 saturated heterocycles. The molecule has 5 nitrogen and oxygen atoms in total. The van der Waals surface area contributed by atoms with E-state index < -0.39 is 0 Å². The molecule has 1 aromatic rings. The highest BCUT2D eigenvalue weighted by molar-refractivity contribution is 5.79. The third-order valence-corrected chi connectivity index (χ3v) is 3.47. The molecule has 1 aromatic heterocycles. The van der Waals surface area contributed by atoms with Crippen molar-refractivity contribution in [3.8, 4) is 5.88 Å². The second-order valence-electron chi connectivity index (χ2n) is 4.99. The van der Waals surface area contributed by atoms with Gasteiger partial charge in [0.25, 0.3) is 0 Å². The molecule has 0 bridgehead atoms. The molecule has 1 aliphatic carbocycles. The molecule has 0 amide bonds. The molecule has 1 fully saturated rings. The standard InChI is InChI=1S/C15H24N4O/c1-3-20-14-10-12(8-9-17-14)11-18-15(16-2)19-13-6-4-5-7-13/h8-10,13H,3-7,11H2,1-2H3,(H2,16,18,19). The van der Waals surface area contributed by atoms with Gasteiger partial charge in [-0.2, -0.15) is 0 Å². The maximum atomic E-state index is 5.40. The van der Waals surface area contributed by atoms with Gasteiger partial charge >= 0.3 is 0 Å². The van der Waals surface area contributed by atoms with Gasteiger partial charge in [0.05, 0.1) is 6.61 Å². The molecule has 2 rings (SSSR count). The first-order chi connectivity index (χ1) is 9.81. The van der Waals surface area contributed by atoms with Gasteiger partial charge in [-0.15, -0.1) is 0 Å². The van der Waals surface area contributed by atoms with Crippen LogP contribution in [0.3, 0.4) is 0 Å². The van der Waals surface area contributed by atoms with Crippen LogP contribution in [0.15, 0.2) is 23.3 Å². The Morgan fingerprint density at radius 1 is 1.45 bits per heavy atom. The Hall–Kier alpha value is -1.78. The van der Waals surface area contributed by atoms with Gasteiger partial charge < -0.3 is 15.4 Å². The first-order valence-electron chi connectivity index (χ1n) is 7.36. The van der Waals surface area contributed by atoms with Crippen molar-refractivity contribution >= 4 is 5.96 Å². The third kappa shape index (κ3) is 4.40. The third-order valence-electron chi connectivity index (χ3n) is 3.47. The minimum absolute atomic E-state index is 0.567. The number of nitrogens with one attached hydrogen (secondary N) is 2. The first kappa shape index (κ1) is 14.6. The number of guanidine groups is 1. The molecule has 2 N–H and O–H groups in total. The molecule has 0 unspecified atom stereocenters. The van der Waals surface area contributed by atoms with Crippen LogP contribution < -0.4 is 15.4 Å². The average Bonchev–Trinajstić information content (AvgIpc) is 2.97. The quantitative estimate of drug-likeness (QED) is 0.638. The summed E-state index contributed by atoms with van der Waals surface area (Å²) in [5, 5.41) is 6.81. The number of rotatable bonds is 5. The van der Waals surface area contributed by atoms with Gasteiger partial charge in [-0.3, -0.25) is 4.99 Å². The van der Waals surface area contributed by atoms with E-state index in [4.69, 9.17) is 4.74 Å². The highest BCUT2D eigenvalue weighted by Crippen LogP contribution is 2.17. The molecule has 0 aromatic carbocycles. The van der Waals surface area contributed by atoms with Crippen LogP contribution in [-0.2, 0) is 6.54 Å². The van der Waals surface area contributed by atoms with Crippen LogP contribution in [0, 0.1) is 0 Å². The lowest BCUT2D eigenvalue weighted by molar-refractivity contribution is 0.326. The van der Waals surface area contributed by atoms with Gasteiger partial charge in [-0.25, -0.2) is 4.98 Å². The summed E-state index contributed by atoms with van der Waals surface area (Å²) in [5.74, 6) is 1.54. The minimum atomic E-state index is 0.567. The van der Waals surface area contributed by atoms with E-state index in [2.05, 4.69) is 20.6 Å². The van der Waals surface area contributed by atoms with Crippen molar-refractivity contribution in [1.29, 1.82) is 0 Å². The monoisotopic (exact) mass is 276 g/mol. The summed E-state index contributed by atoms with van der Waals surface area (Å²) < 4.78 is 5.40. The lowest BCUT2D eigenvalue weighted by Crippen LogP contribution is -2.41. The molecular weight excluding hydrogens is 252 g/mol. The SMILES string of the molecule is CCOc1cc(CNC(=NC)NC2CCCC2)ccn1. The Labute approximate surface area is 120 Å². The first-order valence-corrected chi connectivity index (χ1v) is 7.36. The summed E-state index contributed by atoms with van der Waals surface area (Å²) in [6.45, 7) is 3.31. The fourth-order valence-electron chi connectivity index (χ4n) is 2.43. The van der Waals surface area contributed by atoms with Crippen molar-refractivity contribution in [1.82, 2.24) is 15.6 Å². The van der Waals surface area contributed by atoms with Crippen LogP contribution in [0.25, 0.3) is 0 Å². The van der Waals surface area contributed by atoms with Crippen molar-refractivity contribution in [3.63, 3.8) is 0 Å². The molecule has 0 spiro atoms. The van der Waals surface area contributed by atoms with Crippen molar-refractivity contribution in [2.75, 3.05) is 13.7 Å². The summed E-state index contributed by atoms with van der Waals surface area (Å²) in [6.07, 6.45) is 6.89. The number of nitrogens with zero attached hydrogens (tertiary/aromatic N) is 2. The number of hydrogen-bond donors (Lipinski definition) is 2. The molecule has 1 heterocycles. The summed E-state index contributed by atoms with van der Waals surface area (Å²) in [7, 11) is 1.81. The van der Waals surface area contributed by atoms with E-state index in [1.165, 1.54) is 25.7 Å². The normalized spacial score (nSPS) is 16.2. The predicted octanol–water partition coefficient (Wildman–Crippen LogP) is 2.09. The second-order valence-corrected chi connectivity index (χ2v) is 4.99. The zero-order chi connectivity index (χ0) is 14.2. The smallest absolute Gasteiger partial charge is 0.213 e. The van der Waals surface area contributed by atoms with E-state index in [9.17, 15) is 0 Å². The van der Waals surface area contributed by atoms with Crippen molar-refractivity contribution in [3.05, 3.63) is 23.9 Å². The lowest BCUT2D eigenvalue weighted by atomic mass is 10.2. The van der Waals surface area contributed by atoms with Gasteiger partial charge in [0.1, 0.15) is 0 Å². The highest BCUT2D eigenvalue weighted by atomic mass is 16.5. The Morgan fingerprint density at radius 2 is 2.25 bits per heavy atom. The van der Waals surface area contributed by atoms with E-state index in [0.29, 0.717) is 18.5 Å². The summed E-state index contributed by atoms with van der Waals surface area (Å²) in [6, 6.07) is 4.51. The molecule has 110 valence electrons. The number of aliphatic imine (C=N–C) groups is 1. The predicted molar refractivity (Wildman–Crippen MR) is 81.0 cm³/mol. The van der Waals surface area contributed by atoms with Crippen LogP contribution in [-0.4, -0.2) is 30.6 Å². The number of hydrogen-bond acceptors (Lipinski definition) is 3. The van der Waals surface area contributed by atoms with E-state index in [1.54, 1.807) is 6.20 Å². The van der Waals surface area contributed by atoms with Crippen molar-refractivity contribution in [2.45, 2.75) is 45.2 Å². The molecule has 5 heteroatoms. The average molecular weight is 276 g/mol. The van der Waals surface area contributed by atoms with E-state index in [-0.39, 0.29) is 0 Å². The fourth-order valence-corrected chi connectivity index (χ4v) is 2.43. The molecule has 1 aliphatic rings. The molecular formula is C15H24N4O. The van der Waals surface area contributed by atoms with Crippen molar-refractivity contribution in [2.24, 2.45) is 4.99 Å². The Balaban J connectivity index is 1.84. The summed E-state index contributed by atoms with van der Waals surface area (Å²) in [5.41, 5.74) is 1.14. The fraction of sp³-hybridized carbons (Fsp3) is 0.600. The van der Waals surface area contributed by atoms with Crippen LogP contribution in [0.1, 0.15) is 38.2 Å². The maximum absolute atomic E-state index is 5.40. The van der Waals surface area contributed by atoms with Crippen LogP contribution in [0.5, 0.6) is 5.88 Å². The largest absolute Gasteiger partial charge is 0.478 e. The highest BCUT2D eigenvalue weighted by Gasteiger charge is 2.15. The number of pyridine rings is 1. The Morgan fingerprint density at radius 3 is 2.95 bits per heavy atom. The van der Waals surface area contributed by atoms with Crippen LogP contribution in [0.4, 0.5) is 0 Å². The van der Waals surface area contributed by atoms with Gasteiger partial charge in [-0.1, -0.05) is 12.8 Å².